The number of hydrogen-bond acceptors (Lipinski definition) is 4. The van der Waals surface area contributed by atoms with Crippen LogP contribution in [0, 0.1) is 5.92 Å². The summed E-state index contributed by atoms with van der Waals surface area (Å²) < 4.78 is 0. The maximum Gasteiger partial charge on any atom is 0.256 e. The topological polar surface area (TPSA) is 78.5 Å². The van der Waals surface area contributed by atoms with Gasteiger partial charge in [-0.3, -0.25) is 14.4 Å². The van der Waals surface area contributed by atoms with E-state index in [1.54, 1.807) is 36.4 Å². The van der Waals surface area contributed by atoms with Crippen LogP contribution < -0.4 is 15.5 Å². The number of amides is 2. The lowest BCUT2D eigenvalue weighted by Gasteiger charge is -2.37. The summed E-state index contributed by atoms with van der Waals surface area (Å²) in [7, 11) is 0. The number of carbonyl (C=O) groups excluding carboxylic acids is 3. The van der Waals surface area contributed by atoms with Gasteiger partial charge in [0, 0.05) is 42.1 Å². The molecule has 5 rings (SSSR count). The molecule has 214 valence electrons. The number of hydrogen-bond donors (Lipinski definition) is 2. The van der Waals surface area contributed by atoms with Gasteiger partial charge in [-0.05, 0) is 61.1 Å². The van der Waals surface area contributed by atoms with Gasteiger partial charge in [0.2, 0.25) is 5.91 Å². The Morgan fingerprint density at radius 2 is 1.36 bits per heavy atom. The highest BCUT2D eigenvalue weighted by molar-refractivity contribution is 6.17. The van der Waals surface area contributed by atoms with Crippen molar-refractivity contribution in [1.29, 1.82) is 0 Å². The van der Waals surface area contributed by atoms with Crippen molar-refractivity contribution in [2.45, 2.75) is 32.1 Å². The number of rotatable bonds is 10. The van der Waals surface area contributed by atoms with Crippen LogP contribution in [0.3, 0.4) is 0 Å². The van der Waals surface area contributed by atoms with Gasteiger partial charge in [0.25, 0.3) is 5.91 Å². The van der Waals surface area contributed by atoms with Crippen molar-refractivity contribution >= 4 is 29.0 Å². The zero-order chi connectivity index (χ0) is 29.3. The summed E-state index contributed by atoms with van der Waals surface area (Å²) in [5, 5.41) is 6.07. The Morgan fingerprint density at radius 1 is 0.762 bits per heavy atom. The van der Waals surface area contributed by atoms with E-state index in [0.29, 0.717) is 28.9 Å². The van der Waals surface area contributed by atoms with Crippen molar-refractivity contribution in [1.82, 2.24) is 5.32 Å². The monoisotopic (exact) mass is 559 g/mol. The third kappa shape index (κ3) is 6.77. The largest absolute Gasteiger partial charge is 0.372 e. The zero-order valence-electron chi connectivity index (χ0n) is 24.0. The quantitative estimate of drug-likeness (QED) is 0.212. The molecule has 1 fully saturated rings. The lowest BCUT2D eigenvalue weighted by Crippen LogP contribution is -2.40. The molecule has 2 N–H and O–H groups in total. The van der Waals surface area contributed by atoms with Crippen molar-refractivity contribution in [3.8, 4) is 0 Å². The predicted octanol–water partition coefficient (Wildman–Crippen LogP) is 6.70. The molecule has 1 atom stereocenters. The van der Waals surface area contributed by atoms with E-state index < -0.39 is 0 Å². The van der Waals surface area contributed by atoms with Crippen LogP contribution in [-0.4, -0.2) is 37.2 Å². The van der Waals surface area contributed by atoms with Crippen molar-refractivity contribution in [3.05, 3.63) is 131 Å². The van der Waals surface area contributed by atoms with E-state index in [1.165, 1.54) is 0 Å². The minimum absolute atomic E-state index is 0.119. The SMILES string of the molecule is CCCNC(=O)C(c1ccccc1)C1CCN(c2ccc(NC(=O)c3ccccc3C(=O)c3ccccc3)cc2)CC1. The van der Waals surface area contributed by atoms with Gasteiger partial charge in [0.1, 0.15) is 0 Å². The molecular weight excluding hydrogens is 522 g/mol. The predicted molar refractivity (Wildman–Crippen MR) is 168 cm³/mol. The molecular formula is C36H37N3O3. The molecule has 1 heterocycles. The zero-order valence-corrected chi connectivity index (χ0v) is 24.0. The van der Waals surface area contributed by atoms with Crippen LogP contribution in [0.2, 0.25) is 0 Å². The highest BCUT2D eigenvalue weighted by atomic mass is 16.2. The van der Waals surface area contributed by atoms with E-state index in [1.807, 2.05) is 60.7 Å². The molecule has 0 bridgehead atoms. The minimum atomic E-state index is -0.322. The Hall–Kier alpha value is -4.71. The molecule has 6 nitrogen and oxygen atoms in total. The highest BCUT2D eigenvalue weighted by Crippen LogP contribution is 2.35. The van der Waals surface area contributed by atoms with Gasteiger partial charge in [-0.1, -0.05) is 85.8 Å². The number of piperidine rings is 1. The third-order valence-corrected chi connectivity index (χ3v) is 7.94. The molecule has 6 heteroatoms. The molecule has 0 spiro atoms. The van der Waals surface area contributed by atoms with E-state index in [4.69, 9.17) is 0 Å². The van der Waals surface area contributed by atoms with E-state index >= 15 is 0 Å². The second kappa shape index (κ2) is 13.8. The Balaban J connectivity index is 1.22. The smallest absolute Gasteiger partial charge is 0.256 e. The van der Waals surface area contributed by atoms with Crippen LogP contribution in [0.5, 0.6) is 0 Å². The molecule has 1 unspecified atom stereocenters. The van der Waals surface area contributed by atoms with E-state index in [0.717, 1.165) is 43.6 Å². The first-order valence-electron chi connectivity index (χ1n) is 14.7. The highest BCUT2D eigenvalue weighted by Gasteiger charge is 2.32. The molecule has 42 heavy (non-hydrogen) atoms. The molecule has 1 aliphatic heterocycles. The lowest BCUT2D eigenvalue weighted by atomic mass is 9.79. The molecule has 4 aromatic carbocycles. The van der Waals surface area contributed by atoms with Crippen molar-refractivity contribution in [2.24, 2.45) is 5.92 Å². The van der Waals surface area contributed by atoms with Crippen LogP contribution in [-0.2, 0) is 4.79 Å². The molecule has 1 aliphatic rings. The molecule has 1 saturated heterocycles. The number of nitrogens with one attached hydrogen (secondary N) is 2. The number of benzene rings is 4. The molecule has 0 saturated carbocycles. The number of nitrogens with zero attached hydrogens (tertiary/aromatic N) is 1. The van der Waals surface area contributed by atoms with Crippen molar-refractivity contribution < 1.29 is 14.4 Å². The summed E-state index contributed by atoms with van der Waals surface area (Å²) in [4.78, 5) is 41.7. The molecule has 0 aromatic heterocycles. The average molecular weight is 560 g/mol. The summed E-state index contributed by atoms with van der Waals surface area (Å²) in [6.07, 6.45) is 2.76. The second-order valence-corrected chi connectivity index (χ2v) is 10.7. The molecule has 4 aromatic rings. The van der Waals surface area contributed by atoms with Gasteiger partial charge < -0.3 is 15.5 Å². The number of carbonyl (C=O) groups is 3. The fourth-order valence-corrected chi connectivity index (χ4v) is 5.73. The first-order valence-corrected chi connectivity index (χ1v) is 14.7. The van der Waals surface area contributed by atoms with Gasteiger partial charge >= 0.3 is 0 Å². The van der Waals surface area contributed by atoms with Crippen molar-refractivity contribution in [3.63, 3.8) is 0 Å². The fourth-order valence-electron chi connectivity index (χ4n) is 5.73. The van der Waals surface area contributed by atoms with Gasteiger partial charge in [-0.25, -0.2) is 0 Å². The number of anilines is 2. The first kappa shape index (κ1) is 28.8. The summed E-state index contributed by atoms with van der Waals surface area (Å²) in [6.45, 7) is 4.48. The first-order chi connectivity index (χ1) is 20.5. The van der Waals surface area contributed by atoms with Gasteiger partial charge in [-0.15, -0.1) is 0 Å². The Labute approximate surface area is 247 Å². The Bertz CT molecular complexity index is 1500. The van der Waals surface area contributed by atoms with Crippen molar-refractivity contribution in [2.75, 3.05) is 29.9 Å². The molecule has 0 radical (unpaired) electrons. The third-order valence-electron chi connectivity index (χ3n) is 7.94. The average Bonchev–Trinajstić information content (AvgIpc) is 3.05. The van der Waals surface area contributed by atoms with E-state index in [9.17, 15) is 14.4 Å². The maximum atomic E-state index is 13.2. The van der Waals surface area contributed by atoms with Gasteiger partial charge in [-0.2, -0.15) is 0 Å². The van der Waals surface area contributed by atoms with E-state index in [-0.39, 0.29) is 29.4 Å². The van der Waals surface area contributed by atoms with E-state index in [2.05, 4.69) is 34.6 Å². The fraction of sp³-hybridized carbons (Fsp3) is 0.250. The van der Waals surface area contributed by atoms with Crippen LogP contribution in [0.1, 0.15) is 63.9 Å². The minimum Gasteiger partial charge on any atom is -0.372 e. The molecule has 2 amide bonds. The lowest BCUT2D eigenvalue weighted by molar-refractivity contribution is -0.124. The molecule has 0 aliphatic carbocycles. The van der Waals surface area contributed by atoms with Crippen LogP contribution in [0.4, 0.5) is 11.4 Å². The van der Waals surface area contributed by atoms with Crippen LogP contribution in [0.15, 0.2) is 109 Å². The summed E-state index contributed by atoms with van der Waals surface area (Å²) in [5.41, 5.74) is 4.08. The maximum absolute atomic E-state index is 13.2. The van der Waals surface area contributed by atoms with Gasteiger partial charge in [0.15, 0.2) is 5.78 Å². The Morgan fingerprint density at radius 3 is 2.00 bits per heavy atom. The summed E-state index contributed by atoms with van der Waals surface area (Å²) in [5.74, 6) is -0.255. The summed E-state index contributed by atoms with van der Waals surface area (Å²) >= 11 is 0. The summed E-state index contributed by atoms with van der Waals surface area (Å²) in [6, 6.07) is 33.8. The normalized spacial score (nSPS) is 14.2. The second-order valence-electron chi connectivity index (χ2n) is 10.7. The van der Waals surface area contributed by atoms with Gasteiger partial charge in [0.05, 0.1) is 11.5 Å². The standard InChI is InChI=1S/C36H37N3O3/c1-2-23-37-36(42)33(26-11-5-3-6-12-26)27-21-24-39(25-22-27)30-19-17-29(18-20-30)38-35(41)32-16-10-9-15-31(32)34(40)28-13-7-4-8-14-28/h3-20,27,33H,2,21-25H2,1H3,(H,37,42)(H,38,41). The van der Waals surface area contributed by atoms with Crippen LogP contribution in [0.25, 0.3) is 0 Å². The van der Waals surface area contributed by atoms with Crippen LogP contribution >= 0.6 is 0 Å². The number of ketones is 1. The Kier molecular flexibility index (Phi) is 9.44.